The molecule has 1 saturated heterocycles. The molecule has 4 heteroatoms. The minimum Gasteiger partial charge on any atom is -0.367 e. The molecular weight excluding hydrogens is 178 g/mol. The van der Waals surface area contributed by atoms with Gasteiger partial charge in [-0.25, -0.2) is 0 Å². The van der Waals surface area contributed by atoms with Crippen LogP contribution in [0.3, 0.4) is 0 Å². The van der Waals surface area contributed by atoms with E-state index in [9.17, 15) is 4.79 Å². The van der Waals surface area contributed by atoms with Crippen molar-refractivity contribution in [3.8, 4) is 0 Å². The zero-order valence-corrected chi connectivity index (χ0v) is 7.89. The number of nitrogens with zero attached hydrogens (tertiary/aromatic N) is 3. The Morgan fingerprint density at radius 3 is 2.64 bits per heavy atom. The first-order valence-electron chi connectivity index (χ1n) is 4.68. The summed E-state index contributed by atoms with van der Waals surface area (Å²) in [5.74, 6) is 0. The lowest BCUT2D eigenvalue weighted by Crippen LogP contribution is -2.45. The number of hydrogen-bond acceptors (Lipinski definition) is 3. The minimum absolute atomic E-state index is 0.748. The molecule has 0 saturated carbocycles. The Hall–Kier alpha value is -1.58. The van der Waals surface area contributed by atoms with Crippen LogP contribution in [0.2, 0.25) is 0 Å². The maximum absolute atomic E-state index is 10.4. The quantitative estimate of drug-likeness (QED) is 0.671. The SMILES string of the molecule is O=[C]N1CCN(c2cccnc2)CC1. The predicted molar refractivity (Wildman–Crippen MR) is 53.7 cm³/mol. The van der Waals surface area contributed by atoms with E-state index in [1.165, 1.54) is 0 Å². The fourth-order valence-electron chi connectivity index (χ4n) is 1.60. The third kappa shape index (κ3) is 1.84. The number of anilines is 1. The zero-order chi connectivity index (χ0) is 9.80. The van der Waals surface area contributed by atoms with Crippen molar-refractivity contribution in [3.63, 3.8) is 0 Å². The van der Waals surface area contributed by atoms with Gasteiger partial charge in [-0.2, -0.15) is 0 Å². The fourth-order valence-corrected chi connectivity index (χ4v) is 1.60. The second-order valence-corrected chi connectivity index (χ2v) is 3.28. The second-order valence-electron chi connectivity index (χ2n) is 3.28. The summed E-state index contributed by atoms with van der Waals surface area (Å²) in [4.78, 5) is 18.3. The molecule has 0 N–H and O–H groups in total. The van der Waals surface area contributed by atoms with Gasteiger partial charge in [0, 0.05) is 32.4 Å². The molecule has 1 fully saturated rings. The molecule has 2 rings (SSSR count). The Balaban J connectivity index is 1.99. The van der Waals surface area contributed by atoms with Crippen molar-refractivity contribution < 1.29 is 4.79 Å². The molecule has 1 radical (unpaired) electrons. The normalized spacial score (nSPS) is 16.9. The van der Waals surface area contributed by atoms with Crippen molar-refractivity contribution in [2.24, 2.45) is 0 Å². The topological polar surface area (TPSA) is 36.4 Å². The smallest absolute Gasteiger partial charge is 0.312 e. The van der Waals surface area contributed by atoms with Crippen molar-refractivity contribution in [1.82, 2.24) is 9.88 Å². The van der Waals surface area contributed by atoms with E-state index in [2.05, 4.69) is 9.88 Å². The van der Waals surface area contributed by atoms with Crippen molar-refractivity contribution in [2.45, 2.75) is 0 Å². The lowest BCUT2D eigenvalue weighted by Gasteiger charge is -2.33. The lowest BCUT2D eigenvalue weighted by atomic mass is 10.3. The largest absolute Gasteiger partial charge is 0.367 e. The van der Waals surface area contributed by atoms with E-state index >= 15 is 0 Å². The molecule has 14 heavy (non-hydrogen) atoms. The zero-order valence-electron chi connectivity index (χ0n) is 7.89. The number of hydrogen-bond donors (Lipinski definition) is 0. The molecule has 1 amide bonds. The van der Waals surface area contributed by atoms with E-state index in [0.29, 0.717) is 0 Å². The van der Waals surface area contributed by atoms with E-state index in [1.54, 1.807) is 11.1 Å². The van der Waals surface area contributed by atoms with Crippen LogP contribution in [0, 0.1) is 0 Å². The molecule has 1 aromatic heterocycles. The van der Waals surface area contributed by atoms with Gasteiger partial charge < -0.3 is 9.80 Å². The summed E-state index contributed by atoms with van der Waals surface area (Å²) in [6.07, 6.45) is 5.53. The average Bonchev–Trinajstić information content (AvgIpc) is 2.30. The molecule has 1 aliphatic rings. The van der Waals surface area contributed by atoms with Crippen LogP contribution in [0.1, 0.15) is 0 Å². The summed E-state index contributed by atoms with van der Waals surface area (Å²) in [6, 6.07) is 3.96. The summed E-state index contributed by atoms with van der Waals surface area (Å²) in [6.45, 7) is 3.22. The first-order chi connectivity index (χ1) is 6.90. The number of piperazine rings is 1. The van der Waals surface area contributed by atoms with Gasteiger partial charge in [0.15, 0.2) is 0 Å². The Morgan fingerprint density at radius 2 is 2.07 bits per heavy atom. The van der Waals surface area contributed by atoms with Gasteiger partial charge in [0.25, 0.3) is 0 Å². The van der Waals surface area contributed by atoms with Gasteiger partial charge in [-0.15, -0.1) is 0 Å². The predicted octanol–water partition coefficient (Wildman–Crippen LogP) is 0.271. The molecule has 73 valence electrons. The van der Waals surface area contributed by atoms with Crippen LogP contribution in [0.25, 0.3) is 0 Å². The summed E-state index contributed by atoms with van der Waals surface area (Å²) >= 11 is 0. The summed E-state index contributed by atoms with van der Waals surface area (Å²) in [7, 11) is 0. The number of rotatable bonds is 2. The molecule has 1 aliphatic heterocycles. The molecule has 1 aromatic rings. The summed E-state index contributed by atoms with van der Waals surface area (Å²) < 4.78 is 0. The lowest BCUT2D eigenvalue weighted by molar-refractivity contribution is 0.356. The van der Waals surface area contributed by atoms with Crippen LogP contribution in [0.4, 0.5) is 5.69 Å². The van der Waals surface area contributed by atoms with Crippen molar-refractivity contribution in [1.29, 1.82) is 0 Å². The molecule has 0 bridgehead atoms. The van der Waals surface area contributed by atoms with E-state index in [4.69, 9.17) is 0 Å². The van der Waals surface area contributed by atoms with Gasteiger partial charge in [0.1, 0.15) is 0 Å². The van der Waals surface area contributed by atoms with Crippen LogP contribution < -0.4 is 4.90 Å². The number of amides is 1. The highest BCUT2D eigenvalue weighted by Crippen LogP contribution is 2.13. The third-order valence-corrected chi connectivity index (χ3v) is 2.42. The summed E-state index contributed by atoms with van der Waals surface area (Å²) in [5.41, 5.74) is 1.12. The summed E-state index contributed by atoms with van der Waals surface area (Å²) in [5, 5.41) is 0. The maximum Gasteiger partial charge on any atom is 0.312 e. The highest BCUT2D eigenvalue weighted by atomic mass is 16.1. The molecule has 0 aliphatic carbocycles. The minimum atomic E-state index is 0.748. The van der Waals surface area contributed by atoms with E-state index in [-0.39, 0.29) is 0 Å². The number of carbonyl (C=O) groups excluding carboxylic acids is 1. The molecule has 0 aromatic carbocycles. The highest BCUT2D eigenvalue weighted by Gasteiger charge is 2.15. The first-order valence-corrected chi connectivity index (χ1v) is 4.68. The Bertz CT molecular complexity index is 293. The number of aromatic nitrogens is 1. The highest BCUT2D eigenvalue weighted by molar-refractivity contribution is 5.50. The first kappa shape index (κ1) is 8.99. The third-order valence-electron chi connectivity index (χ3n) is 2.42. The van der Waals surface area contributed by atoms with Crippen LogP contribution in [-0.2, 0) is 4.79 Å². The van der Waals surface area contributed by atoms with Gasteiger partial charge in [0.2, 0.25) is 0 Å². The number of pyridine rings is 1. The van der Waals surface area contributed by atoms with Crippen molar-refractivity contribution in [2.75, 3.05) is 31.1 Å². The standard InChI is InChI=1S/C10H12N3O/c14-9-12-4-6-13(7-5-12)10-2-1-3-11-8-10/h1-3,8H,4-7H2. The van der Waals surface area contributed by atoms with Gasteiger partial charge in [0.05, 0.1) is 11.9 Å². The van der Waals surface area contributed by atoms with E-state index in [1.807, 2.05) is 24.7 Å². The van der Waals surface area contributed by atoms with Gasteiger partial charge in [-0.3, -0.25) is 9.78 Å². The van der Waals surface area contributed by atoms with Crippen molar-refractivity contribution >= 4 is 12.1 Å². The molecule has 4 nitrogen and oxygen atoms in total. The van der Waals surface area contributed by atoms with Crippen LogP contribution in [0.5, 0.6) is 0 Å². The van der Waals surface area contributed by atoms with E-state index in [0.717, 1.165) is 31.9 Å². The van der Waals surface area contributed by atoms with Gasteiger partial charge >= 0.3 is 6.41 Å². The Labute approximate surface area is 83.2 Å². The maximum atomic E-state index is 10.4. The van der Waals surface area contributed by atoms with Crippen LogP contribution >= 0.6 is 0 Å². The molecule has 2 heterocycles. The fraction of sp³-hybridized carbons (Fsp3) is 0.400. The molecule has 0 atom stereocenters. The second kappa shape index (κ2) is 4.09. The van der Waals surface area contributed by atoms with Crippen LogP contribution in [0.15, 0.2) is 24.5 Å². The van der Waals surface area contributed by atoms with Gasteiger partial charge in [-0.05, 0) is 12.1 Å². The molecular formula is C10H12N3O. The Morgan fingerprint density at radius 1 is 1.29 bits per heavy atom. The van der Waals surface area contributed by atoms with Crippen molar-refractivity contribution in [3.05, 3.63) is 24.5 Å². The van der Waals surface area contributed by atoms with E-state index < -0.39 is 0 Å². The molecule has 0 unspecified atom stereocenters. The van der Waals surface area contributed by atoms with Gasteiger partial charge in [-0.1, -0.05) is 0 Å². The monoisotopic (exact) mass is 190 g/mol. The Kier molecular flexibility index (Phi) is 2.62. The average molecular weight is 190 g/mol. The molecule has 0 spiro atoms. The van der Waals surface area contributed by atoms with Crippen LogP contribution in [-0.4, -0.2) is 42.5 Å².